The Bertz CT molecular complexity index is 887. The Kier molecular flexibility index (Phi) is 6.43. The zero-order valence-electron chi connectivity index (χ0n) is 16.2. The maximum absolute atomic E-state index is 12.5. The first-order valence-corrected chi connectivity index (χ1v) is 9.56. The Morgan fingerprint density at radius 2 is 1.86 bits per heavy atom. The summed E-state index contributed by atoms with van der Waals surface area (Å²) in [6.07, 6.45) is 0.195. The topological polar surface area (TPSA) is 105 Å². The van der Waals surface area contributed by atoms with Crippen LogP contribution in [-0.4, -0.2) is 41.3 Å². The number of likely N-dealkylation sites (tertiary alicyclic amines) is 1. The van der Waals surface area contributed by atoms with Gasteiger partial charge in [-0.05, 0) is 18.6 Å². The molecule has 1 aliphatic heterocycles. The largest absolute Gasteiger partial charge is 0.378 e. The molecule has 2 N–H and O–H groups in total. The molecular formula is C21H24N4O4. The average Bonchev–Trinajstić information content (AvgIpc) is 3.13. The van der Waals surface area contributed by atoms with Crippen molar-refractivity contribution in [1.29, 1.82) is 0 Å². The summed E-state index contributed by atoms with van der Waals surface area (Å²) in [6, 6.07) is 16.0. The predicted octanol–water partition coefficient (Wildman–Crippen LogP) is 2.73. The van der Waals surface area contributed by atoms with Gasteiger partial charge in [-0.25, -0.2) is 0 Å². The molecule has 1 saturated heterocycles. The summed E-state index contributed by atoms with van der Waals surface area (Å²) in [7, 11) is 0. The average molecular weight is 396 g/mol. The first-order chi connectivity index (χ1) is 14.0. The van der Waals surface area contributed by atoms with E-state index in [-0.39, 0.29) is 35.9 Å². The Morgan fingerprint density at radius 1 is 1.17 bits per heavy atom. The van der Waals surface area contributed by atoms with E-state index in [4.69, 9.17) is 0 Å². The van der Waals surface area contributed by atoms with Crippen LogP contribution in [0.2, 0.25) is 0 Å². The molecule has 0 aliphatic carbocycles. The number of hydrogen-bond acceptors (Lipinski definition) is 5. The highest BCUT2D eigenvalue weighted by atomic mass is 16.6. The molecule has 0 aromatic heterocycles. The van der Waals surface area contributed by atoms with Crippen molar-refractivity contribution in [3.63, 3.8) is 0 Å². The Hall–Kier alpha value is -3.42. The minimum absolute atomic E-state index is 0.00856. The van der Waals surface area contributed by atoms with Gasteiger partial charge in [-0.2, -0.15) is 0 Å². The van der Waals surface area contributed by atoms with Crippen LogP contribution in [0.1, 0.15) is 24.9 Å². The Morgan fingerprint density at radius 3 is 2.59 bits per heavy atom. The van der Waals surface area contributed by atoms with Crippen LogP contribution in [0.15, 0.2) is 54.6 Å². The van der Waals surface area contributed by atoms with E-state index < -0.39 is 4.92 Å². The van der Waals surface area contributed by atoms with Gasteiger partial charge in [-0.1, -0.05) is 42.5 Å². The molecule has 2 atom stereocenters. The Labute approximate surface area is 169 Å². The van der Waals surface area contributed by atoms with Gasteiger partial charge in [0.25, 0.3) is 5.69 Å². The number of carbonyl (C=O) groups excluding carboxylic acids is 2. The van der Waals surface area contributed by atoms with Crippen LogP contribution in [0, 0.1) is 16.0 Å². The molecule has 8 heteroatoms. The lowest BCUT2D eigenvalue weighted by Gasteiger charge is -2.25. The number of carbonyl (C=O) groups is 2. The van der Waals surface area contributed by atoms with Gasteiger partial charge in [0.15, 0.2) is 0 Å². The summed E-state index contributed by atoms with van der Waals surface area (Å²) in [5.41, 5.74) is 1.44. The molecule has 2 aromatic rings. The summed E-state index contributed by atoms with van der Waals surface area (Å²) < 4.78 is 0. The number of rotatable bonds is 8. The Balaban J connectivity index is 1.48. The normalized spacial score (nSPS) is 17.1. The molecule has 0 radical (unpaired) electrons. The third-order valence-corrected chi connectivity index (χ3v) is 5.12. The molecule has 152 valence electrons. The van der Waals surface area contributed by atoms with Crippen LogP contribution in [-0.2, 0) is 9.59 Å². The summed E-state index contributed by atoms with van der Waals surface area (Å²) in [4.78, 5) is 37.2. The van der Waals surface area contributed by atoms with Crippen LogP contribution in [0.25, 0.3) is 0 Å². The van der Waals surface area contributed by atoms with Crippen molar-refractivity contribution < 1.29 is 14.5 Å². The monoisotopic (exact) mass is 396 g/mol. The molecule has 1 heterocycles. The molecule has 1 aliphatic rings. The molecule has 0 bridgehead atoms. The van der Waals surface area contributed by atoms with Crippen molar-refractivity contribution in [3.05, 3.63) is 70.3 Å². The van der Waals surface area contributed by atoms with Crippen molar-refractivity contribution in [2.75, 3.05) is 25.0 Å². The molecule has 0 spiro atoms. The van der Waals surface area contributed by atoms with Crippen molar-refractivity contribution >= 4 is 23.2 Å². The van der Waals surface area contributed by atoms with Gasteiger partial charge in [0.05, 0.1) is 16.9 Å². The van der Waals surface area contributed by atoms with Crippen molar-refractivity contribution in [2.45, 2.75) is 19.4 Å². The van der Waals surface area contributed by atoms with Gasteiger partial charge in [0.2, 0.25) is 11.8 Å². The van der Waals surface area contributed by atoms with Gasteiger partial charge >= 0.3 is 0 Å². The lowest BCUT2D eigenvalue weighted by molar-refractivity contribution is -0.384. The lowest BCUT2D eigenvalue weighted by Crippen LogP contribution is -2.36. The number of amides is 2. The van der Waals surface area contributed by atoms with Gasteiger partial charge in [-0.3, -0.25) is 19.7 Å². The van der Waals surface area contributed by atoms with E-state index in [1.54, 1.807) is 23.1 Å². The maximum atomic E-state index is 12.5. The third-order valence-electron chi connectivity index (χ3n) is 5.12. The second-order valence-corrected chi connectivity index (χ2v) is 7.03. The van der Waals surface area contributed by atoms with Gasteiger partial charge < -0.3 is 15.5 Å². The number of nitro benzene ring substituents is 1. The first-order valence-electron chi connectivity index (χ1n) is 9.56. The molecule has 8 nitrogen and oxygen atoms in total. The number of nitrogens with zero attached hydrogens (tertiary/aromatic N) is 2. The van der Waals surface area contributed by atoms with Crippen molar-refractivity contribution in [1.82, 2.24) is 10.2 Å². The van der Waals surface area contributed by atoms with Gasteiger partial charge in [-0.15, -0.1) is 0 Å². The van der Waals surface area contributed by atoms with Gasteiger partial charge in [0, 0.05) is 32.1 Å². The molecule has 2 aromatic carbocycles. The predicted molar refractivity (Wildman–Crippen MR) is 109 cm³/mol. The maximum Gasteiger partial charge on any atom is 0.292 e. The van der Waals surface area contributed by atoms with E-state index in [1.807, 2.05) is 37.3 Å². The number of para-hydroxylation sites is 2. The second-order valence-electron chi connectivity index (χ2n) is 7.03. The fourth-order valence-electron chi connectivity index (χ4n) is 3.50. The van der Waals surface area contributed by atoms with E-state index in [0.29, 0.717) is 25.3 Å². The summed E-state index contributed by atoms with van der Waals surface area (Å²) in [5, 5.41) is 16.8. The third kappa shape index (κ3) is 4.90. The lowest BCUT2D eigenvalue weighted by atomic mass is 10.1. The summed E-state index contributed by atoms with van der Waals surface area (Å²) in [6.45, 7) is 3.01. The fraction of sp³-hybridized carbons (Fsp3) is 0.333. The van der Waals surface area contributed by atoms with Crippen LogP contribution in [0.4, 0.5) is 11.4 Å². The van der Waals surface area contributed by atoms with E-state index in [9.17, 15) is 19.7 Å². The van der Waals surface area contributed by atoms with Crippen LogP contribution in [0.3, 0.4) is 0 Å². The minimum atomic E-state index is -0.451. The highest BCUT2D eigenvalue weighted by Gasteiger charge is 2.36. The molecule has 3 rings (SSSR count). The van der Waals surface area contributed by atoms with E-state index in [0.717, 1.165) is 5.56 Å². The van der Waals surface area contributed by atoms with Crippen LogP contribution >= 0.6 is 0 Å². The number of benzene rings is 2. The number of nitro groups is 1. The number of anilines is 1. The van der Waals surface area contributed by atoms with E-state index in [2.05, 4.69) is 10.6 Å². The standard InChI is InChI=1S/C21H24N4O4/c1-15(16-7-3-2-4-8-16)24-14-17(13-20(24)26)21(27)23-12-11-22-18-9-5-6-10-19(18)25(28)29/h2-10,15,17,22H,11-14H2,1H3,(H,23,27)/t15-,17-/m1/s1. The van der Waals surface area contributed by atoms with Crippen LogP contribution in [0.5, 0.6) is 0 Å². The molecule has 1 fully saturated rings. The number of hydrogen-bond donors (Lipinski definition) is 2. The van der Waals surface area contributed by atoms with Crippen molar-refractivity contribution in [3.8, 4) is 0 Å². The smallest absolute Gasteiger partial charge is 0.292 e. The molecule has 2 amide bonds. The first kappa shape index (κ1) is 20.3. The fourth-order valence-corrected chi connectivity index (χ4v) is 3.50. The van der Waals surface area contributed by atoms with Crippen LogP contribution < -0.4 is 10.6 Å². The molecule has 0 saturated carbocycles. The zero-order chi connectivity index (χ0) is 20.8. The molecular weight excluding hydrogens is 372 g/mol. The van der Waals surface area contributed by atoms with Gasteiger partial charge in [0.1, 0.15) is 5.69 Å². The van der Waals surface area contributed by atoms with E-state index >= 15 is 0 Å². The second kappa shape index (κ2) is 9.18. The highest BCUT2D eigenvalue weighted by molar-refractivity contribution is 5.89. The zero-order valence-corrected chi connectivity index (χ0v) is 16.2. The summed E-state index contributed by atoms with van der Waals surface area (Å²) >= 11 is 0. The molecule has 29 heavy (non-hydrogen) atoms. The number of nitrogens with one attached hydrogen (secondary N) is 2. The molecule has 0 unspecified atom stereocenters. The quantitative estimate of drug-likeness (QED) is 0.406. The van der Waals surface area contributed by atoms with E-state index in [1.165, 1.54) is 6.07 Å². The summed E-state index contributed by atoms with van der Waals surface area (Å²) in [5.74, 6) is -0.593. The minimum Gasteiger partial charge on any atom is -0.378 e. The highest BCUT2D eigenvalue weighted by Crippen LogP contribution is 2.28. The van der Waals surface area contributed by atoms with Crippen molar-refractivity contribution in [2.24, 2.45) is 5.92 Å². The SMILES string of the molecule is C[C@H](c1ccccc1)N1C[C@H](C(=O)NCCNc2ccccc2[N+](=O)[O-])CC1=O.